The summed E-state index contributed by atoms with van der Waals surface area (Å²) in [7, 11) is 0. The molecular formula is C25H23ClFN7OS. The molecule has 2 aromatic heterocycles. The highest BCUT2D eigenvalue weighted by atomic mass is 35.5. The lowest BCUT2D eigenvalue weighted by molar-refractivity contribution is 0.102. The largest absolute Gasteiger partial charge is 0.353 e. The van der Waals surface area contributed by atoms with Gasteiger partial charge in [-0.3, -0.25) is 9.89 Å². The lowest BCUT2D eigenvalue weighted by Gasteiger charge is -2.18. The van der Waals surface area contributed by atoms with E-state index in [4.69, 9.17) is 11.6 Å². The molecule has 3 heterocycles. The van der Waals surface area contributed by atoms with Crippen LogP contribution in [0.4, 0.5) is 27.5 Å². The molecule has 0 saturated carbocycles. The number of hydrogen-bond acceptors (Lipinski definition) is 7. The van der Waals surface area contributed by atoms with Crippen LogP contribution in [-0.4, -0.2) is 45.3 Å². The topological polar surface area (TPSA) is 98.8 Å². The van der Waals surface area contributed by atoms with Crippen LogP contribution in [0.3, 0.4) is 0 Å². The van der Waals surface area contributed by atoms with Gasteiger partial charge in [-0.2, -0.15) is 5.10 Å². The predicted octanol–water partition coefficient (Wildman–Crippen LogP) is 5.86. The van der Waals surface area contributed by atoms with Crippen LogP contribution in [0.5, 0.6) is 0 Å². The number of aromatic amines is 1. The number of nitrogens with one attached hydrogen (secondary N) is 3. The van der Waals surface area contributed by atoms with E-state index in [0.717, 1.165) is 10.6 Å². The average Bonchev–Trinajstić information content (AvgIpc) is 3.48. The summed E-state index contributed by atoms with van der Waals surface area (Å²) < 4.78 is 13.9. The van der Waals surface area contributed by atoms with Crippen LogP contribution in [-0.2, 0) is 0 Å². The highest BCUT2D eigenvalue weighted by Crippen LogP contribution is 2.31. The van der Waals surface area contributed by atoms with Gasteiger partial charge in [0.05, 0.1) is 22.8 Å². The summed E-state index contributed by atoms with van der Waals surface area (Å²) in [5, 5.41) is 14.0. The number of anilines is 4. The first kappa shape index (κ1) is 24.1. The average molecular weight is 524 g/mol. The number of rotatable bonds is 7. The first-order valence-electron chi connectivity index (χ1n) is 11.3. The Labute approximate surface area is 216 Å². The van der Waals surface area contributed by atoms with Gasteiger partial charge in [-0.05, 0) is 61.5 Å². The molecule has 1 fully saturated rings. The summed E-state index contributed by atoms with van der Waals surface area (Å²) in [4.78, 5) is 24.6. The third-order valence-electron chi connectivity index (χ3n) is 5.56. The SMILES string of the molecule is Cc1cc(Nc2cc(N3CCC(F)C3)nc(Sc3ccc(NC(=O)c4ccccc4Cl)cc3)n2)[nH]n1. The van der Waals surface area contributed by atoms with E-state index in [1.54, 1.807) is 24.3 Å². The molecule has 36 heavy (non-hydrogen) atoms. The fourth-order valence-corrected chi connectivity index (χ4v) is 4.78. The molecule has 1 saturated heterocycles. The Kier molecular flexibility index (Phi) is 7.06. The number of nitrogens with zero attached hydrogens (tertiary/aromatic N) is 4. The fourth-order valence-electron chi connectivity index (χ4n) is 3.79. The minimum atomic E-state index is -0.865. The summed E-state index contributed by atoms with van der Waals surface area (Å²) in [5.74, 6) is 1.67. The lowest BCUT2D eigenvalue weighted by Crippen LogP contribution is -2.21. The smallest absolute Gasteiger partial charge is 0.257 e. The molecule has 3 N–H and O–H groups in total. The number of H-pyrrole nitrogens is 1. The molecule has 1 aliphatic heterocycles. The van der Waals surface area contributed by atoms with Crippen molar-refractivity contribution < 1.29 is 9.18 Å². The van der Waals surface area contributed by atoms with Gasteiger partial charge in [0.15, 0.2) is 5.16 Å². The Morgan fingerprint density at radius 3 is 2.67 bits per heavy atom. The van der Waals surface area contributed by atoms with Gasteiger partial charge in [0.2, 0.25) is 0 Å². The van der Waals surface area contributed by atoms with Crippen molar-refractivity contribution in [1.29, 1.82) is 0 Å². The van der Waals surface area contributed by atoms with Crippen LogP contribution in [0.25, 0.3) is 0 Å². The van der Waals surface area contributed by atoms with Crippen molar-refractivity contribution in [3.63, 3.8) is 0 Å². The number of carbonyl (C=O) groups is 1. The van der Waals surface area contributed by atoms with Crippen LogP contribution >= 0.6 is 23.4 Å². The molecule has 184 valence electrons. The molecule has 4 aromatic rings. The van der Waals surface area contributed by atoms with E-state index in [2.05, 4.69) is 30.8 Å². The zero-order chi connectivity index (χ0) is 25.1. The zero-order valence-corrected chi connectivity index (χ0v) is 20.9. The number of benzene rings is 2. The predicted molar refractivity (Wildman–Crippen MR) is 140 cm³/mol. The molecule has 0 spiro atoms. The number of amides is 1. The maximum absolute atomic E-state index is 13.9. The van der Waals surface area contributed by atoms with Crippen molar-refractivity contribution in [1.82, 2.24) is 20.2 Å². The maximum Gasteiger partial charge on any atom is 0.257 e. The van der Waals surface area contributed by atoms with E-state index in [1.165, 1.54) is 11.8 Å². The van der Waals surface area contributed by atoms with E-state index in [-0.39, 0.29) is 5.91 Å². The van der Waals surface area contributed by atoms with E-state index in [9.17, 15) is 9.18 Å². The summed E-state index contributed by atoms with van der Waals surface area (Å²) >= 11 is 7.50. The highest BCUT2D eigenvalue weighted by molar-refractivity contribution is 7.99. The molecule has 1 aliphatic rings. The number of alkyl halides is 1. The Morgan fingerprint density at radius 1 is 1.17 bits per heavy atom. The lowest BCUT2D eigenvalue weighted by atomic mass is 10.2. The number of carbonyl (C=O) groups excluding carboxylic acids is 1. The number of aryl methyl sites for hydroxylation is 1. The second-order valence-corrected chi connectivity index (χ2v) is 9.78. The first-order chi connectivity index (χ1) is 17.4. The third-order valence-corrected chi connectivity index (χ3v) is 6.76. The normalized spacial score (nSPS) is 15.2. The van der Waals surface area contributed by atoms with Crippen molar-refractivity contribution in [2.45, 2.75) is 29.6 Å². The van der Waals surface area contributed by atoms with Crippen LogP contribution in [0.15, 0.2) is 70.7 Å². The summed E-state index contributed by atoms with van der Waals surface area (Å²) in [6.45, 7) is 2.80. The van der Waals surface area contributed by atoms with E-state index >= 15 is 0 Å². The van der Waals surface area contributed by atoms with Crippen molar-refractivity contribution >= 4 is 52.4 Å². The second-order valence-electron chi connectivity index (χ2n) is 8.33. The quantitative estimate of drug-likeness (QED) is 0.261. The van der Waals surface area contributed by atoms with Crippen LogP contribution < -0.4 is 15.5 Å². The number of hydrogen-bond donors (Lipinski definition) is 3. The fraction of sp³-hybridized carbons (Fsp3) is 0.200. The Balaban J connectivity index is 1.33. The van der Waals surface area contributed by atoms with Crippen LogP contribution in [0, 0.1) is 6.92 Å². The van der Waals surface area contributed by atoms with Crippen molar-refractivity contribution in [2.24, 2.45) is 0 Å². The highest BCUT2D eigenvalue weighted by Gasteiger charge is 2.24. The Bertz CT molecular complexity index is 1380. The summed E-state index contributed by atoms with van der Waals surface area (Å²) in [5.41, 5.74) is 1.90. The molecule has 2 aromatic carbocycles. The van der Waals surface area contributed by atoms with Gasteiger partial charge in [-0.15, -0.1) is 0 Å². The first-order valence-corrected chi connectivity index (χ1v) is 12.5. The minimum Gasteiger partial charge on any atom is -0.353 e. The minimum absolute atomic E-state index is 0.279. The van der Waals surface area contributed by atoms with Crippen molar-refractivity contribution in [3.05, 3.63) is 76.9 Å². The van der Waals surface area contributed by atoms with Gasteiger partial charge < -0.3 is 15.5 Å². The monoisotopic (exact) mass is 523 g/mol. The maximum atomic E-state index is 13.9. The molecule has 0 bridgehead atoms. The number of aromatic nitrogens is 4. The molecule has 5 rings (SSSR count). The van der Waals surface area contributed by atoms with Crippen LogP contribution in [0.2, 0.25) is 5.02 Å². The number of halogens is 2. The van der Waals surface area contributed by atoms with E-state index in [1.807, 2.05) is 48.2 Å². The van der Waals surface area contributed by atoms with Gasteiger partial charge in [0.25, 0.3) is 5.91 Å². The van der Waals surface area contributed by atoms with Crippen LogP contribution in [0.1, 0.15) is 22.5 Å². The summed E-state index contributed by atoms with van der Waals surface area (Å²) in [6, 6.07) is 17.9. The molecule has 1 amide bonds. The molecule has 8 nitrogen and oxygen atoms in total. The van der Waals surface area contributed by atoms with E-state index < -0.39 is 6.17 Å². The standard InChI is InChI=1S/C25H23ClFN7OS/c1-15-12-22(33-32-15)29-21-13-23(34-11-10-16(27)14-34)31-25(30-21)36-18-8-6-17(7-9-18)28-24(35)19-4-2-3-5-20(19)26/h2-9,12-13,16H,10-11,14H2,1H3,(H,28,35)(H2,29,30,31,32,33). The molecule has 1 unspecified atom stereocenters. The molecule has 11 heteroatoms. The van der Waals surface area contributed by atoms with Gasteiger partial charge in [0, 0.05) is 29.3 Å². The molecule has 1 atom stereocenters. The Morgan fingerprint density at radius 2 is 1.97 bits per heavy atom. The summed E-state index contributed by atoms with van der Waals surface area (Å²) in [6.07, 6.45) is -0.382. The van der Waals surface area contributed by atoms with Gasteiger partial charge >= 0.3 is 0 Å². The second kappa shape index (κ2) is 10.5. The Hall–Kier alpha value is -3.63. The third kappa shape index (κ3) is 5.77. The van der Waals surface area contributed by atoms with E-state index in [0.29, 0.717) is 58.4 Å². The van der Waals surface area contributed by atoms with Gasteiger partial charge in [0.1, 0.15) is 23.6 Å². The molecule has 0 aliphatic carbocycles. The zero-order valence-electron chi connectivity index (χ0n) is 19.3. The molecular weight excluding hydrogens is 501 g/mol. The van der Waals surface area contributed by atoms with Gasteiger partial charge in [-0.1, -0.05) is 23.7 Å². The van der Waals surface area contributed by atoms with Gasteiger partial charge in [-0.25, -0.2) is 14.4 Å². The van der Waals surface area contributed by atoms with Crippen molar-refractivity contribution in [2.75, 3.05) is 28.6 Å². The molecule has 0 radical (unpaired) electrons. The van der Waals surface area contributed by atoms with Crippen molar-refractivity contribution in [3.8, 4) is 0 Å².